The molecule has 1 aromatic rings. The first-order chi connectivity index (χ1) is 10.1. The molecule has 1 aliphatic rings. The van der Waals surface area contributed by atoms with Gasteiger partial charge < -0.3 is 16.0 Å². The Morgan fingerprint density at radius 3 is 2.76 bits per heavy atom. The van der Waals surface area contributed by atoms with E-state index in [0.29, 0.717) is 18.5 Å². The third kappa shape index (κ3) is 4.56. The van der Waals surface area contributed by atoms with Gasteiger partial charge in [0.2, 0.25) is 11.8 Å². The van der Waals surface area contributed by atoms with Gasteiger partial charge in [0.1, 0.15) is 0 Å². The van der Waals surface area contributed by atoms with Crippen LogP contribution in [0.5, 0.6) is 0 Å². The average Bonchev–Trinajstić information content (AvgIpc) is 2.95. The van der Waals surface area contributed by atoms with Crippen molar-refractivity contribution in [1.29, 1.82) is 0 Å². The van der Waals surface area contributed by atoms with E-state index in [0.717, 1.165) is 30.6 Å². The SMILES string of the molecule is CCC(=O)Nc1ccc(C)c(NC(=O)CC2CCCN2)c1. The number of carbonyl (C=O) groups excluding carboxylic acids is 2. The molecule has 2 amide bonds. The van der Waals surface area contributed by atoms with E-state index in [1.165, 1.54) is 0 Å². The van der Waals surface area contributed by atoms with Crippen LogP contribution < -0.4 is 16.0 Å². The predicted octanol–water partition coefficient (Wildman–Crippen LogP) is 2.42. The summed E-state index contributed by atoms with van der Waals surface area (Å²) in [5.74, 6) is -0.0252. The van der Waals surface area contributed by atoms with Gasteiger partial charge in [-0.2, -0.15) is 0 Å². The molecule has 0 radical (unpaired) electrons. The van der Waals surface area contributed by atoms with Gasteiger partial charge in [-0.25, -0.2) is 0 Å². The second-order valence-corrected chi connectivity index (χ2v) is 5.48. The average molecular weight is 289 g/mol. The fraction of sp³-hybridized carbons (Fsp3) is 0.500. The van der Waals surface area contributed by atoms with E-state index in [1.807, 2.05) is 25.1 Å². The smallest absolute Gasteiger partial charge is 0.225 e. The van der Waals surface area contributed by atoms with Gasteiger partial charge in [-0.15, -0.1) is 0 Å². The van der Waals surface area contributed by atoms with Crippen molar-refractivity contribution in [2.45, 2.75) is 45.6 Å². The lowest BCUT2D eigenvalue weighted by atomic mass is 10.1. The molecule has 1 unspecified atom stereocenters. The number of carbonyl (C=O) groups is 2. The van der Waals surface area contributed by atoms with Crippen molar-refractivity contribution < 1.29 is 9.59 Å². The third-order valence-corrected chi connectivity index (χ3v) is 3.71. The fourth-order valence-electron chi connectivity index (χ4n) is 2.44. The van der Waals surface area contributed by atoms with Gasteiger partial charge in [0, 0.05) is 30.3 Å². The van der Waals surface area contributed by atoms with Crippen LogP contribution in [0.2, 0.25) is 0 Å². The summed E-state index contributed by atoms with van der Waals surface area (Å²) < 4.78 is 0. The summed E-state index contributed by atoms with van der Waals surface area (Å²) in [7, 11) is 0. The summed E-state index contributed by atoms with van der Waals surface area (Å²) >= 11 is 0. The molecular weight excluding hydrogens is 266 g/mol. The van der Waals surface area contributed by atoms with Crippen LogP contribution >= 0.6 is 0 Å². The van der Waals surface area contributed by atoms with Crippen molar-refractivity contribution in [3.8, 4) is 0 Å². The standard InChI is InChI=1S/C16H23N3O2/c1-3-15(20)18-13-7-6-11(2)14(9-13)19-16(21)10-12-5-4-8-17-12/h6-7,9,12,17H,3-5,8,10H2,1-2H3,(H,18,20)(H,19,21). The lowest BCUT2D eigenvalue weighted by Crippen LogP contribution is -2.27. The first-order valence-corrected chi connectivity index (χ1v) is 7.52. The van der Waals surface area contributed by atoms with Crippen molar-refractivity contribution in [1.82, 2.24) is 5.32 Å². The van der Waals surface area contributed by atoms with Crippen LogP contribution in [0, 0.1) is 6.92 Å². The highest BCUT2D eigenvalue weighted by Gasteiger charge is 2.18. The fourth-order valence-corrected chi connectivity index (χ4v) is 2.44. The van der Waals surface area contributed by atoms with Crippen LogP contribution in [0.4, 0.5) is 11.4 Å². The number of amides is 2. The van der Waals surface area contributed by atoms with Crippen LogP contribution in [0.1, 0.15) is 38.2 Å². The number of hydrogen-bond acceptors (Lipinski definition) is 3. The molecule has 21 heavy (non-hydrogen) atoms. The van der Waals surface area contributed by atoms with Crippen molar-refractivity contribution in [3.05, 3.63) is 23.8 Å². The highest BCUT2D eigenvalue weighted by Crippen LogP contribution is 2.21. The molecule has 0 spiro atoms. The Hall–Kier alpha value is -1.88. The van der Waals surface area contributed by atoms with Crippen LogP contribution in [-0.2, 0) is 9.59 Å². The molecule has 5 nitrogen and oxygen atoms in total. The van der Waals surface area contributed by atoms with E-state index in [2.05, 4.69) is 16.0 Å². The summed E-state index contributed by atoms with van der Waals surface area (Å²) in [6.45, 7) is 4.74. The Kier molecular flexibility index (Phi) is 5.33. The number of nitrogens with one attached hydrogen (secondary N) is 3. The Bertz CT molecular complexity index is 522. The molecule has 0 bridgehead atoms. The zero-order valence-corrected chi connectivity index (χ0v) is 12.7. The number of aryl methyl sites for hydroxylation is 1. The van der Waals surface area contributed by atoms with E-state index in [1.54, 1.807) is 6.92 Å². The van der Waals surface area contributed by atoms with Gasteiger partial charge in [-0.3, -0.25) is 9.59 Å². The molecule has 1 heterocycles. The van der Waals surface area contributed by atoms with Crippen molar-refractivity contribution in [2.24, 2.45) is 0 Å². The summed E-state index contributed by atoms with van der Waals surface area (Å²) in [5, 5.41) is 9.06. The molecule has 1 aliphatic heterocycles. The number of benzene rings is 1. The molecule has 1 atom stereocenters. The maximum Gasteiger partial charge on any atom is 0.225 e. The molecule has 5 heteroatoms. The number of hydrogen-bond donors (Lipinski definition) is 3. The molecular formula is C16H23N3O2. The molecule has 2 rings (SSSR count). The zero-order valence-electron chi connectivity index (χ0n) is 12.7. The molecule has 1 saturated heterocycles. The van der Waals surface area contributed by atoms with Gasteiger partial charge in [-0.1, -0.05) is 13.0 Å². The Labute approximate surface area is 125 Å². The highest BCUT2D eigenvalue weighted by molar-refractivity contribution is 5.94. The molecule has 114 valence electrons. The Morgan fingerprint density at radius 1 is 1.29 bits per heavy atom. The minimum Gasteiger partial charge on any atom is -0.326 e. The molecule has 0 aromatic heterocycles. The maximum absolute atomic E-state index is 12.1. The first-order valence-electron chi connectivity index (χ1n) is 7.52. The maximum atomic E-state index is 12.1. The minimum atomic E-state index is -0.0358. The normalized spacial score (nSPS) is 17.5. The van der Waals surface area contributed by atoms with Crippen LogP contribution in [-0.4, -0.2) is 24.4 Å². The molecule has 0 aliphatic carbocycles. The van der Waals surface area contributed by atoms with E-state index in [-0.39, 0.29) is 17.9 Å². The van der Waals surface area contributed by atoms with Gasteiger partial charge >= 0.3 is 0 Å². The van der Waals surface area contributed by atoms with Crippen molar-refractivity contribution >= 4 is 23.2 Å². The second kappa shape index (κ2) is 7.22. The lowest BCUT2D eigenvalue weighted by Gasteiger charge is -2.13. The molecule has 0 saturated carbocycles. The van der Waals surface area contributed by atoms with E-state index in [9.17, 15) is 9.59 Å². The zero-order chi connectivity index (χ0) is 15.2. The quantitative estimate of drug-likeness (QED) is 0.779. The Balaban J connectivity index is 1.99. The molecule has 3 N–H and O–H groups in total. The van der Waals surface area contributed by atoms with Gasteiger partial charge in [-0.05, 0) is 44.0 Å². The predicted molar refractivity (Wildman–Crippen MR) is 84.4 cm³/mol. The topological polar surface area (TPSA) is 70.2 Å². The van der Waals surface area contributed by atoms with Crippen LogP contribution in [0.25, 0.3) is 0 Å². The van der Waals surface area contributed by atoms with Gasteiger partial charge in [0.15, 0.2) is 0 Å². The lowest BCUT2D eigenvalue weighted by molar-refractivity contribution is -0.117. The molecule has 1 fully saturated rings. The summed E-state index contributed by atoms with van der Waals surface area (Å²) in [5.41, 5.74) is 2.45. The third-order valence-electron chi connectivity index (χ3n) is 3.71. The van der Waals surface area contributed by atoms with Gasteiger partial charge in [0.25, 0.3) is 0 Å². The van der Waals surface area contributed by atoms with Crippen molar-refractivity contribution in [2.75, 3.05) is 17.2 Å². The van der Waals surface area contributed by atoms with Gasteiger partial charge in [0.05, 0.1) is 0 Å². The van der Waals surface area contributed by atoms with E-state index in [4.69, 9.17) is 0 Å². The summed E-state index contributed by atoms with van der Waals surface area (Å²) in [6, 6.07) is 5.84. The minimum absolute atomic E-state index is 0.0106. The van der Waals surface area contributed by atoms with Crippen LogP contribution in [0.15, 0.2) is 18.2 Å². The number of anilines is 2. The van der Waals surface area contributed by atoms with Crippen LogP contribution in [0.3, 0.4) is 0 Å². The first kappa shape index (κ1) is 15.5. The monoisotopic (exact) mass is 289 g/mol. The summed E-state index contributed by atoms with van der Waals surface area (Å²) in [4.78, 5) is 23.5. The van der Waals surface area contributed by atoms with E-state index >= 15 is 0 Å². The molecule has 1 aromatic carbocycles. The number of rotatable bonds is 5. The second-order valence-electron chi connectivity index (χ2n) is 5.48. The van der Waals surface area contributed by atoms with Crippen molar-refractivity contribution in [3.63, 3.8) is 0 Å². The Morgan fingerprint density at radius 2 is 2.10 bits per heavy atom. The highest BCUT2D eigenvalue weighted by atomic mass is 16.2. The van der Waals surface area contributed by atoms with E-state index < -0.39 is 0 Å². The summed E-state index contributed by atoms with van der Waals surface area (Å²) in [6.07, 6.45) is 3.11. The largest absolute Gasteiger partial charge is 0.326 e.